The van der Waals surface area contributed by atoms with Crippen molar-refractivity contribution in [3.63, 3.8) is 0 Å². The molecule has 1 unspecified atom stereocenters. The van der Waals surface area contributed by atoms with Crippen LogP contribution in [0.15, 0.2) is 42.5 Å². The van der Waals surface area contributed by atoms with Crippen LogP contribution in [0, 0.1) is 0 Å². The van der Waals surface area contributed by atoms with E-state index in [-0.39, 0.29) is 24.8 Å². The summed E-state index contributed by atoms with van der Waals surface area (Å²) in [5.41, 5.74) is 1.66. The number of halogens is 2. The molecule has 1 N–H and O–H groups in total. The molecule has 2 rings (SSSR count). The van der Waals surface area contributed by atoms with Crippen molar-refractivity contribution in [1.82, 2.24) is 10.2 Å². The van der Waals surface area contributed by atoms with Crippen LogP contribution in [-0.2, 0) is 22.6 Å². The van der Waals surface area contributed by atoms with Gasteiger partial charge in [0.05, 0.1) is 23.6 Å². The number of nitrogens with one attached hydrogen (secondary N) is 1. The summed E-state index contributed by atoms with van der Waals surface area (Å²) in [6.07, 6.45) is 1.52. The molecule has 1 atom stereocenters. The van der Waals surface area contributed by atoms with E-state index >= 15 is 0 Å². The second-order valence-corrected chi connectivity index (χ2v) is 7.82. The molecule has 0 radical (unpaired) electrons. The second-order valence-electron chi connectivity index (χ2n) is 7.01. The van der Waals surface area contributed by atoms with Crippen LogP contribution in [0.3, 0.4) is 0 Å². The fourth-order valence-electron chi connectivity index (χ4n) is 3.14. The Morgan fingerprint density at radius 1 is 1.03 bits per heavy atom. The Morgan fingerprint density at radius 2 is 1.70 bits per heavy atom. The molecule has 0 saturated carbocycles. The van der Waals surface area contributed by atoms with Crippen LogP contribution in [0.5, 0.6) is 5.75 Å². The number of benzene rings is 2. The van der Waals surface area contributed by atoms with Crippen molar-refractivity contribution in [2.45, 2.75) is 45.7 Å². The normalized spacial score (nSPS) is 11.6. The molecule has 2 aromatic rings. The monoisotopic (exact) mass is 450 g/mol. The average Bonchev–Trinajstić information content (AvgIpc) is 2.75. The maximum Gasteiger partial charge on any atom is 0.242 e. The van der Waals surface area contributed by atoms with Gasteiger partial charge in [0, 0.05) is 13.1 Å². The van der Waals surface area contributed by atoms with E-state index in [2.05, 4.69) is 5.32 Å². The highest BCUT2D eigenvalue weighted by Gasteiger charge is 2.28. The van der Waals surface area contributed by atoms with Crippen molar-refractivity contribution in [3.8, 4) is 5.75 Å². The Kier molecular flexibility index (Phi) is 9.47. The summed E-state index contributed by atoms with van der Waals surface area (Å²) < 4.78 is 5.17. The van der Waals surface area contributed by atoms with Crippen LogP contribution >= 0.6 is 23.2 Å². The van der Waals surface area contributed by atoms with E-state index < -0.39 is 6.04 Å². The number of amides is 2. The van der Waals surface area contributed by atoms with Gasteiger partial charge in [-0.3, -0.25) is 9.59 Å². The lowest BCUT2D eigenvalue weighted by Crippen LogP contribution is -2.49. The van der Waals surface area contributed by atoms with Gasteiger partial charge in [0.1, 0.15) is 11.8 Å². The zero-order valence-corrected chi connectivity index (χ0v) is 19.1. The summed E-state index contributed by atoms with van der Waals surface area (Å²) in [7, 11) is 1.60. The van der Waals surface area contributed by atoms with Crippen LogP contribution in [0.1, 0.15) is 37.8 Å². The minimum Gasteiger partial charge on any atom is -0.497 e. The molecule has 0 fully saturated rings. The molecule has 162 valence electrons. The van der Waals surface area contributed by atoms with Crippen molar-refractivity contribution in [3.05, 3.63) is 63.6 Å². The number of hydrogen-bond acceptors (Lipinski definition) is 3. The summed E-state index contributed by atoms with van der Waals surface area (Å²) in [5, 5.41) is 3.77. The molecule has 0 heterocycles. The number of rotatable bonds is 10. The summed E-state index contributed by atoms with van der Waals surface area (Å²) in [4.78, 5) is 27.6. The molecule has 0 bridgehead atoms. The fourth-order valence-corrected chi connectivity index (χ4v) is 3.46. The second kappa shape index (κ2) is 11.8. The van der Waals surface area contributed by atoms with Crippen LogP contribution in [0.25, 0.3) is 0 Å². The van der Waals surface area contributed by atoms with Gasteiger partial charge in [-0.1, -0.05) is 55.2 Å². The molecule has 0 aliphatic rings. The Hall–Kier alpha value is -2.24. The predicted molar refractivity (Wildman–Crippen MR) is 121 cm³/mol. The number of ether oxygens (including phenoxy) is 1. The topological polar surface area (TPSA) is 58.6 Å². The first-order valence-electron chi connectivity index (χ1n) is 10.0. The maximum atomic E-state index is 13.3. The van der Waals surface area contributed by atoms with Crippen molar-refractivity contribution in [2.24, 2.45) is 0 Å². The first-order chi connectivity index (χ1) is 14.4. The fraction of sp³-hybridized carbons (Fsp3) is 0.391. The van der Waals surface area contributed by atoms with Crippen molar-refractivity contribution < 1.29 is 14.3 Å². The molecule has 0 saturated heterocycles. The third-order valence-electron chi connectivity index (χ3n) is 4.79. The Morgan fingerprint density at radius 3 is 2.27 bits per heavy atom. The zero-order valence-electron chi connectivity index (χ0n) is 17.6. The molecule has 5 nitrogen and oxygen atoms in total. The van der Waals surface area contributed by atoms with E-state index in [9.17, 15) is 9.59 Å². The largest absolute Gasteiger partial charge is 0.497 e. The van der Waals surface area contributed by atoms with Gasteiger partial charge in [-0.15, -0.1) is 0 Å². The molecule has 2 amide bonds. The zero-order chi connectivity index (χ0) is 22.1. The third-order valence-corrected chi connectivity index (χ3v) is 5.53. The minimum absolute atomic E-state index is 0.135. The van der Waals surface area contributed by atoms with Gasteiger partial charge in [0.25, 0.3) is 0 Å². The quantitative estimate of drug-likeness (QED) is 0.560. The maximum absolute atomic E-state index is 13.3. The van der Waals surface area contributed by atoms with Crippen molar-refractivity contribution >= 4 is 35.0 Å². The highest BCUT2D eigenvalue weighted by atomic mass is 35.5. The molecule has 2 aromatic carbocycles. The van der Waals surface area contributed by atoms with Gasteiger partial charge in [0.2, 0.25) is 11.8 Å². The summed E-state index contributed by atoms with van der Waals surface area (Å²) in [6.45, 7) is 4.73. The number of carbonyl (C=O) groups is 2. The van der Waals surface area contributed by atoms with Crippen LogP contribution in [-0.4, -0.2) is 36.4 Å². The van der Waals surface area contributed by atoms with Crippen molar-refractivity contribution in [1.29, 1.82) is 0 Å². The van der Waals surface area contributed by atoms with E-state index in [0.717, 1.165) is 23.3 Å². The lowest BCUT2D eigenvalue weighted by molar-refractivity contribution is -0.140. The first kappa shape index (κ1) is 24.0. The van der Waals surface area contributed by atoms with Crippen LogP contribution in [0.4, 0.5) is 0 Å². The Bertz CT molecular complexity index is 856. The first-order valence-corrected chi connectivity index (χ1v) is 10.8. The average molecular weight is 451 g/mol. The van der Waals surface area contributed by atoms with Gasteiger partial charge in [-0.05, 0) is 48.2 Å². The molecular weight excluding hydrogens is 423 g/mol. The molecule has 7 heteroatoms. The predicted octanol–water partition coefficient (Wildman–Crippen LogP) is 4.88. The standard InChI is InChI=1S/C23H28Cl2N2O3/c1-4-12-26-23(29)21(5-2)27(15-17-8-11-19(24)20(25)13-17)22(28)14-16-6-9-18(30-3)10-7-16/h6-11,13,21H,4-5,12,14-15H2,1-3H3,(H,26,29). The lowest BCUT2D eigenvalue weighted by Gasteiger charge is -2.31. The highest BCUT2D eigenvalue weighted by molar-refractivity contribution is 6.42. The summed E-state index contributed by atoms with van der Waals surface area (Å²) in [6, 6.07) is 12.0. The highest BCUT2D eigenvalue weighted by Crippen LogP contribution is 2.24. The molecule has 0 spiro atoms. The van der Waals surface area contributed by atoms with Crippen LogP contribution in [0.2, 0.25) is 10.0 Å². The number of carbonyl (C=O) groups excluding carboxylic acids is 2. The molecule has 30 heavy (non-hydrogen) atoms. The van der Waals surface area contributed by atoms with Crippen LogP contribution < -0.4 is 10.1 Å². The molecular formula is C23H28Cl2N2O3. The lowest BCUT2D eigenvalue weighted by atomic mass is 10.1. The van der Waals surface area contributed by atoms with Gasteiger partial charge < -0.3 is 15.0 Å². The van der Waals surface area contributed by atoms with E-state index in [4.69, 9.17) is 27.9 Å². The number of methoxy groups -OCH3 is 1. The number of hydrogen-bond donors (Lipinski definition) is 1. The van der Waals surface area contributed by atoms with E-state index in [1.54, 1.807) is 24.1 Å². The van der Waals surface area contributed by atoms with E-state index in [1.165, 1.54) is 0 Å². The molecule has 0 aliphatic carbocycles. The minimum atomic E-state index is -0.572. The SMILES string of the molecule is CCCNC(=O)C(CC)N(Cc1ccc(Cl)c(Cl)c1)C(=O)Cc1ccc(OC)cc1. The van der Waals surface area contributed by atoms with Gasteiger partial charge in [0.15, 0.2) is 0 Å². The van der Waals surface area contributed by atoms with Gasteiger partial charge in [-0.2, -0.15) is 0 Å². The molecule has 0 aromatic heterocycles. The van der Waals surface area contributed by atoms with Crippen molar-refractivity contribution in [2.75, 3.05) is 13.7 Å². The third kappa shape index (κ3) is 6.64. The Balaban J connectivity index is 2.28. The Labute approximate surface area is 188 Å². The van der Waals surface area contributed by atoms with Gasteiger partial charge >= 0.3 is 0 Å². The summed E-state index contributed by atoms with van der Waals surface area (Å²) >= 11 is 12.2. The summed E-state index contributed by atoms with van der Waals surface area (Å²) in [5.74, 6) is 0.441. The molecule has 0 aliphatic heterocycles. The van der Waals surface area contributed by atoms with E-state index in [0.29, 0.717) is 23.0 Å². The van der Waals surface area contributed by atoms with Gasteiger partial charge in [-0.25, -0.2) is 0 Å². The smallest absolute Gasteiger partial charge is 0.242 e. The number of nitrogens with zero attached hydrogens (tertiary/aromatic N) is 1. The van der Waals surface area contributed by atoms with E-state index in [1.807, 2.05) is 44.2 Å².